The fourth-order valence-corrected chi connectivity index (χ4v) is 4.77. The molecule has 2 aliphatic rings. The third-order valence-corrected chi connectivity index (χ3v) is 6.49. The number of ether oxygens (including phenoxy) is 1. The summed E-state index contributed by atoms with van der Waals surface area (Å²) >= 11 is 0. The molecule has 2 aromatic rings. The van der Waals surface area contributed by atoms with E-state index in [1.807, 2.05) is 26.0 Å². The van der Waals surface area contributed by atoms with Crippen LogP contribution in [-0.4, -0.2) is 44.7 Å². The monoisotopic (exact) mass is 432 g/mol. The molecule has 1 atom stereocenters. The number of methoxy groups -OCH3 is 1. The van der Waals surface area contributed by atoms with Crippen LogP contribution in [0.2, 0.25) is 0 Å². The lowest BCUT2D eigenvalue weighted by Gasteiger charge is -2.36. The molecule has 0 amide bonds. The minimum Gasteiger partial charge on any atom is -0.380 e. The van der Waals surface area contributed by atoms with Gasteiger partial charge in [-0.2, -0.15) is 0 Å². The molecule has 0 radical (unpaired) electrons. The summed E-state index contributed by atoms with van der Waals surface area (Å²) < 4.78 is 5.20. The van der Waals surface area contributed by atoms with E-state index in [0.29, 0.717) is 6.61 Å². The van der Waals surface area contributed by atoms with Crippen molar-refractivity contribution >= 4 is 5.69 Å². The van der Waals surface area contributed by atoms with Crippen LogP contribution < -0.4 is 4.90 Å². The standard InChI is InChI=1S/C23H30N2O.C6H10/c1-26-18-19-6-10-22(11-7-19)25-16-14-24(15-17-25)13-12-21-9-8-20-4-2-3-5-23(20)21;1-4-5-6(2)3/h2-7,10-11,21H,8-9,12-18H2,1H3;4-5H,2H2,1,3H3/b;5-4-. The van der Waals surface area contributed by atoms with Gasteiger partial charge in [-0.15, -0.1) is 0 Å². The van der Waals surface area contributed by atoms with E-state index in [1.165, 1.54) is 50.1 Å². The van der Waals surface area contributed by atoms with Gasteiger partial charge >= 0.3 is 0 Å². The maximum atomic E-state index is 5.20. The van der Waals surface area contributed by atoms with Crippen LogP contribution in [0.25, 0.3) is 0 Å². The number of allylic oxidation sites excluding steroid dienone is 3. The van der Waals surface area contributed by atoms with Crippen LogP contribution in [0.5, 0.6) is 0 Å². The van der Waals surface area contributed by atoms with E-state index >= 15 is 0 Å². The lowest BCUT2D eigenvalue weighted by molar-refractivity contribution is 0.185. The topological polar surface area (TPSA) is 15.7 Å². The van der Waals surface area contributed by atoms with Gasteiger partial charge in [0.05, 0.1) is 6.61 Å². The van der Waals surface area contributed by atoms with Gasteiger partial charge in [-0.25, -0.2) is 0 Å². The second kappa shape index (κ2) is 12.6. The molecular formula is C29H40N2O. The zero-order chi connectivity index (χ0) is 22.8. The van der Waals surface area contributed by atoms with Gasteiger partial charge in [0, 0.05) is 39.0 Å². The number of aryl methyl sites for hydroxylation is 1. The highest BCUT2D eigenvalue weighted by molar-refractivity contribution is 5.48. The molecule has 1 unspecified atom stereocenters. The average Bonchev–Trinajstić information content (AvgIpc) is 3.22. The van der Waals surface area contributed by atoms with Gasteiger partial charge in [-0.3, -0.25) is 4.90 Å². The quantitative estimate of drug-likeness (QED) is 0.484. The average molecular weight is 433 g/mol. The normalized spacial score (nSPS) is 18.3. The van der Waals surface area contributed by atoms with Crippen molar-refractivity contribution in [1.82, 2.24) is 4.90 Å². The summed E-state index contributed by atoms with van der Waals surface area (Å²) in [5, 5.41) is 0. The highest BCUT2D eigenvalue weighted by Gasteiger charge is 2.23. The summed E-state index contributed by atoms with van der Waals surface area (Å²) in [5.41, 5.74) is 6.89. The molecule has 1 aliphatic heterocycles. The Labute approximate surface area is 195 Å². The van der Waals surface area contributed by atoms with Crippen LogP contribution in [0.15, 0.2) is 72.8 Å². The van der Waals surface area contributed by atoms with Crippen molar-refractivity contribution < 1.29 is 4.74 Å². The smallest absolute Gasteiger partial charge is 0.0713 e. The Balaban J connectivity index is 0.000000427. The molecule has 0 bridgehead atoms. The first-order valence-electron chi connectivity index (χ1n) is 12.0. The Morgan fingerprint density at radius 1 is 1.06 bits per heavy atom. The zero-order valence-electron chi connectivity index (χ0n) is 20.2. The first-order valence-corrected chi connectivity index (χ1v) is 12.0. The lowest BCUT2D eigenvalue weighted by atomic mass is 9.97. The molecule has 0 spiro atoms. The Morgan fingerprint density at radius 3 is 2.41 bits per heavy atom. The SMILES string of the molecule is C=C(C)/C=C\C.COCc1ccc(N2CCN(CCC3CCc4ccccc43)CC2)cc1. The van der Waals surface area contributed by atoms with Crippen molar-refractivity contribution in [2.45, 2.75) is 45.6 Å². The largest absolute Gasteiger partial charge is 0.380 e. The van der Waals surface area contributed by atoms with Crippen LogP contribution >= 0.6 is 0 Å². The zero-order valence-corrected chi connectivity index (χ0v) is 20.2. The van der Waals surface area contributed by atoms with Crippen molar-refractivity contribution in [2.75, 3.05) is 44.7 Å². The van der Waals surface area contributed by atoms with Crippen molar-refractivity contribution in [2.24, 2.45) is 0 Å². The van der Waals surface area contributed by atoms with Crippen LogP contribution in [0.1, 0.15) is 49.3 Å². The van der Waals surface area contributed by atoms with Crippen LogP contribution in [0, 0.1) is 0 Å². The van der Waals surface area contributed by atoms with E-state index in [2.05, 4.69) is 64.9 Å². The molecule has 32 heavy (non-hydrogen) atoms. The van der Waals surface area contributed by atoms with Gasteiger partial charge in [-0.05, 0) is 74.4 Å². The summed E-state index contributed by atoms with van der Waals surface area (Å²) in [7, 11) is 1.75. The second-order valence-electron chi connectivity index (χ2n) is 9.00. The number of benzene rings is 2. The Kier molecular flexibility index (Phi) is 9.58. The first kappa shape index (κ1) is 24.3. The molecule has 3 heteroatoms. The van der Waals surface area contributed by atoms with Crippen molar-refractivity contribution in [1.29, 1.82) is 0 Å². The molecule has 1 aliphatic carbocycles. The molecule has 2 aromatic carbocycles. The molecule has 4 rings (SSSR count). The summed E-state index contributed by atoms with van der Waals surface area (Å²) in [6, 6.07) is 17.9. The molecule has 3 nitrogen and oxygen atoms in total. The van der Waals surface area contributed by atoms with Gasteiger partial charge in [0.25, 0.3) is 0 Å². The molecule has 0 saturated carbocycles. The fraction of sp³-hybridized carbons (Fsp3) is 0.448. The maximum Gasteiger partial charge on any atom is 0.0713 e. The molecule has 0 aromatic heterocycles. The molecule has 1 fully saturated rings. The molecular weight excluding hydrogens is 392 g/mol. The van der Waals surface area contributed by atoms with Crippen LogP contribution in [0.4, 0.5) is 5.69 Å². The number of nitrogens with zero attached hydrogens (tertiary/aromatic N) is 2. The minimum absolute atomic E-state index is 0.693. The third-order valence-electron chi connectivity index (χ3n) is 6.49. The summed E-state index contributed by atoms with van der Waals surface area (Å²) in [5.74, 6) is 0.776. The molecule has 1 saturated heterocycles. The minimum atomic E-state index is 0.693. The molecule has 0 N–H and O–H groups in total. The molecule has 1 heterocycles. The second-order valence-corrected chi connectivity index (χ2v) is 9.00. The van der Waals surface area contributed by atoms with E-state index in [9.17, 15) is 0 Å². The lowest BCUT2D eigenvalue weighted by Crippen LogP contribution is -2.46. The van der Waals surface area contributed by atoms with Crippen LogP contribution in [0.3, 0.4) is 0 Å². The van der Waals surface area contributed by atoms with Crippen molar-refractivity contribution in [3.8, 4) is 0 Å². The predicted molar refractivity (Wildman–Crippen MR) is 138 cm³/mol. The van der Waals surface area contributed by atoms with Gasteiger partial charge in [-0.1, -0.05) is 60.7 Å². The Hall–Kier alpha value is -2.36. The summed E-state index contributed by atoms with van der Waals surface area (Å²) in [4.78, 5) is 5.16. The maximum absolute atomic E-state index is 5.20. The first-order chi connectivity index (χ1) is 15.6. The third kappa shape index (κ3) is 7.08. The highest BCUT2D eigenvalue weighted by Crippen LogP contribution is 2.35. The number of rotatable bonds is 7. The summed E-state index contributed by atoms with van der Waals surface area (Å²) in [6.07, 6.45) is 7.87. The number of anilines is 1. The van der Waals surface area contributed by atoms with E-state index in [4.69, 9.17) is 4.74 Å². The highest BCUT2D eigenvalue weighted by atomic mass is 16.5. The number of piperazine rings is 1. The molecule has 172 valence electrons. The van der Waals surface area contributed by atoms with Crippen molar-refractivity contribution in [3.05, 3.63) is 89.5 Å². The van der Waals surface area contributed by atoms with E-state index in [-0.39, 0.29) is 0 Å². The van der Waals surface area contributed by atoms with E-state index in [1.54, 1.807) is 18.2 Å². The van der Waals surface area contributed by atoms with Gasteiger partial charge < -0.3 is 9.64 Å². The Bertz CT molecular complexity index is 863. The van der Waals surface area contributed by atoms with Crippen LogP contribution in [-0.2, 0) is 17.8 Å². The number of hydrogen-bond donors (Lipinski definition) is 0. The van der Waals surface area contributed by atoms with E-state index in [0.717, 1.165) is 24.6 Å². The Morgan fingerprint density at radius 2 is 1.78 bits per heavy atom. The fourth-order valence-electron chi connectivity index (χ4n) is 4.77. The van der Waals surface area contributed by atoms with Crippen molar-refractivity contribution in [3.63, 3.8) is 0 Å². The van der Waals surface area contributed by atoms with E-state index < -0.39 is 0 Å². The predicted octanol–water partition coefficient (Wildman–Crippen LogP) is 6.21. The number of hydrogen-bond acceptors (Lipinski definition) is 3. The number of fused-ring (bicyclic) bond motifs is 1. The van der Waals surface area contributed by atoms with Gasteiger partial charge in [0.2, 0.25) is 0 Å². The van der Waals surface area contributed by atoms with Gasteiger partial charge in [0.1, 0.15) is 0 Å². The van der Waals surface area contributed by atoms with Gasteiger partial charge in [0.15, 0.2) is 0 Å². The summed E-state index contributed by atoms with van der Waals surface area (Å²) in [6.45, 7) is 14.1.